The molecule has 0 saturated carbocycles. The fourth-order valence-electron chi connectivity index (χ4n) is 1.51. The molecule has 1 aliphatic heterocycles. The van der Waals surface area contributed by atoms with Crippen LogP contribution >= 0.6 is 11.8 Å². The predicted molar refractivity (Wildman–Crippen MR) is 66.3 cm³/mol. The van der Waals surface area contributed by atoms with E-state index in [4.69, 9.17) is 4.42 Å². The molecule has 0 aromatic carbocycles. The van der Waals surface area contributed by atoms with Crippen molar-refractivity contribution in [3.8, 4) is 0 Å². The third-order valence-corrected chi connectivity index (χ3v) is 3.33. The zero-order chi connectivity index (χ0) is 12.3. The van der Waals surface area contributed by atoms with Crippen LogP contribution in [-0.4, -0.2) is 22.6 Å². The molecule has 0 aliphatic carbocycles. The Morgan fingerprint density at radius 2 is 2.29 bits per heavy atom. The highest BCUT2D eigenvalue weighted by Gasteiger charge is 2.34. The number of carbonyl (C=O) groups excluding carboxylic acids is 2. The first kappa shape index (κ1) is 12.0. The van der Waals surface area contributed by atoms with E-state index in [1.165, 1.54) is 11.2 Å². The Balaban J connectivity index is 2.13. The molecule has 0 unspecified atom stereocenters. The minimum absolute atomic E-state index is 0.193. The molecule has 1 aromatic heterocycles. The molecule has 1 fully saturated rings. The molecule has 1 aliphatic rings. The molecule has 2 amide bonds. The van der Waals surface area contributed by atoms with E-state index < -0.39 is 0 Å². The van der Waals surface area contributed by atoms with Crippen molar-refractivity contribution in [2.45, 2.75) is 19.8 Å². The van der Waals surface area contributed by atoms with Crippen LogP contribution in [0, 0.1) is 0 Å². The lowest BCUT2D eigenvalue weighted by Crippen LogP contribution is -2.29. The molecule has 0 N–H and O–H groups in total. The van der Waals surface area contributed by atoms with Crippen LogP contribution in [-0.2, 0) is 4.79 Å². The van der Waals surface area contributed by atoms with Crippen LogP contribution in [0.3, 0.4) is 0 Å². The number of nitrogens with zero attached hydrogens (tertiary/aromatic N) is 1. The van der Waals surface area contributed by atoms with Crippen molar-refractivity contribution in [3.05, 3.63) is 29.1 Å². The Kier molecular flexibility index (Phi) is 3.68. The van der Waals surface area contributed by atoms with Gasteiger partial charge in [0, 0.05) is 12.6 Å². The summed E-state index contributed by atoms with van der Waals surface area (Å²) in [6, 6.07) is 3.49. The second kappa shape index (κ2) is 5.23. The fraction of sp³-hybridized carbons (Fsp3) is 0.333. The highest BCUT2D eigenvalue weighted by atomic mass is 32.2. The fourth-order valence-corrected chi connectivity index (χ4v) is 2.36. The van der Waals surface area contributed by atoms with Crippen molar-refractivity contribution in [1.29, 1.82) is 0 Å². The monoisotopic (exact) mass is 251 g/mol. The third-order valence-electron chi connectivity index (χ3n) is 2.43. The molecule has 4 nitrogen and oxygen atoms in total. The lowest BCUT2D eigenvalue weighted by atomic mass is 10.3. The van der Waals surface area contributed by atoms with Crippen molar-refractivity contribution < 1.29 is 14.0 Å². The first-order valence-electron chi connectivity index (χ1n) is 5.51. The average molecular weight is 251 g/mol. The van der Waals surface area contributed by atoms with Gasteiger partial charge >= 0.3 is 0 Å². The number of rotatable bonds is 4. The van der Waals surface area contributed by atoms with Gasteiger partial charge in [-0.2, -0.15) is 0 Å². The summed E-state index contributed by atoms with van der Waals surface area (Å²) >= 11 is 0.969. The molecule has 0 bridgehead atoms. The molecule has 0 radical (unpaired) electrons. The molecular formula is C12H13NO3S. The Morgan fingerprint density at radius 1 is 1.47 bits per heavy atom. The van der Waals surface area contributed by atoms with Crippen LogP contribution in [0.1, 0.15) is 25.5 Å². The maximum absolute atomic E-state index is 11.9. The molecule has 1 aromatic rings. The Morgan fingerprint density at radius 3 is 2.94 bits per heavy atom. The van der Waals surface area contributed by atoms with Gasteiger partial charge in [-0.05, 0) is 30.3 Å². The summed E-state index contributed by atoms with van der Waals surface area (Å²) in [5.41, 5.74) is 0. The summed E-state index contributed by atoms with van der Waals surface area (Å²) < 4.78 is 5.12. The van der Waals surface area contributed by atoms with Gasteiger partial charge in [-0.3, -0.25) is 14.5 Å². The number of imide groups is 1. The summed E-state index contributed by atoms with van der Waals surface area (Å²) in [7, 11) is 0. The van der Waals surface area contributed by atoms with Crippen LogP contribution in [0.2, 0.25) is 0 Å². The molecule has 2 rings (SSSR count). The van der Waals surface area contributed by atoms with Crippen molar-refractivity contribution in [2.75, 3.05) is 6.54 Å². The Labute approximate surface area is 104 Å². The lowest BCUT2D eigenvalue weighted by Gasteiger charge is -2.10. The third kappa shape index (κ3) is 2.61. The van der Waals surface area contributed by atoms with Gasteiger partial charge < -0.3 is 4.42 Å². The maximum atomic E-state index is 11.9. The van der Waals surface area contributed by atoms with Gasteiger partial charge in [0.2, 0.25) is 0 Å². The summed E-state index contributed by atoms with van der Waals surface area (Å²) in [5, 5.41) is -0.193. The van der Waals surface area contributed by atoms with E-state index in [9.17, 15) is 9.59 Å². The maximum Gasteiger partial charge on any atom is 0.293 e. The van der Waals surface area contributed by atoms with Crippen molar-refractivity contribution >= 4 is 29.0 Å². The first-order chi connectivity index (χ1) is 8.22. The van der Waals surface area contributed by atoms with Crippen LogP contribution < -0.4 is 0 Å². The summed E-state index contributed by atoms with van der Waals surface area (Å²) in [6.07, 6.45) is 4.94. The van der Waals surface area contributed by atoms with Crippen LogP contribution in [0.5, 0.6) is 0 Å². The minimum Gasteiger partial charge on any atom is -0.465 e. The lowest BCUT2D eigenvalue weighted by molar-refractivity contribution is -0.122. The number of hydrogen-bond donors (Lipinski definition) is 0. The molecule has 0 spiro atoms. The number of hydrogen-bond acceptors (Lipinski definition) is 4. The molecular weight excluding hydrogens is 238 g/mol. The number of furan rings is 1. The van der Waals surface area contributed by atoms with E-state index in [1.54, 1.807) is 18.2 Å². The van der Waals surface area contributed by atoms with E-state index >= 15 is 0 Å². The molecule has 90 valence electrons. The van der Waals surface area contributed by atoms with Crippen LogP contribution in [0.15, 0.2) is 27.7 Å². The second-order valence-electron chi connectivity index (χ2n) is 3.70. The van der Waals surface area contributed by atoms with Gasteiger partial charge in [0.05, 0.1) is 11.2 Å². The van der Waals surface area contributed by atoms with Gasteiger partial charge in [-0.1, -0.05) is 13.3 Å². The molecule has 0 atom stereocenters. The quantitative estimate of drug-likeness (QED) is 0.771. The zero-order valence-electron chi connectivity index (χ0n) is 9.51. The van der Waals surface area contributed by atoms with Crippen LogP contribution in [0.4, 0.5) is 4.79 Å². The number of carbonyl (C=O) groups is 2. The van der Waals surface area contributed by atoms with E-state index in [0.29, 0.717) is 17.2 Å². The molecule has 5 heteroatoms. The number of amides is 2. The first-order valence-corrected chi connectivity index (χ1v) is 6.33. The molecule has 2 heterocycles. The predicted octanol–water partition coefficient (Wildman–Crippen LogP) is 3.12. The minimum atomic E-state index is -0.218. The Bertz CT molecular complexity index is 450. The molecule has 1 saturated heterocycles. The summed E-state index contributed by atoms with van der Waals surface area (Å²) in [5.74, 6) is 0.371. The smallest absolute Gasteiger partial charge is 0.293 e. The van der Waals surface area contributed by atoms with Gasteiger partial charge in [0.1, 0.15) is 5.76 Å². The van der Waals surface area contributed by atoms with Gasteiger partial charge in [0.15, 0.2) is 0 Å². The van der Waals surface area contributed by atoms with Crippen LogP contribution in [0.25, 0.3) is 6.08 Å². The van der Waals surface area contributed by atoms with E-state index in [2.05, 4.69) is 0 Å². The van der Waals surface area contributed by atoms with Crippen molar-refractivity contribution in [2.24, 2.45) is 0 Å². The largest absolute Gasteiger partial charge is 0.465 e. The van der Waals surface area contributed by atoms with E-state index in [-0.39, 0.29) is 11.1 Å². The zero-order valence-corrected chi connectivity index (χ0v) is 10.3. The number of thioether (sulfide) groups is 1. The number of unbranched alkanes of at least 4 members (excludes halogenated alkanes) is 1. The van der Waals surface area contributed by atoms with Gasteiger partial charge in [-0.25, -0.2) is 0 Å². The highest BCUT2D eigenvalue weighted by Crippen LogP contribution is 2.32. The summed E-state index contributed by atoms with van der Waals surface area (Å²) in [6.45, 7) is 2.52. The highest BCUT2D eigenvalue weighted by molar-refractivity contribution is 8.18. The molecule has 17 heavy (non-hydrogen) atoms. The van der Waals surface area contributed by atoms with Gasteiger partial charge in [0.25, 0.3) is 11.1 Å². The standard InChI is InChI=1S/C12H13NO3S/c1-2-3-6-13-11(14)10(17-12(13)15)8-9-5-4-7-16-9/h4-5,7-8H,2-3,6H2,1H3/b10-8-. The SMILES string of the molecule is CCCCN1C(=O)S/C(=C\c2ccco2)C1=O. The normalized spacial score (nSPS) is 18.4. The average Bonchev–Trinajstić information content (AvgIpc) is 2.89. The Hall–Kier alpha value is -1.49. The second-order valence-corrected chi connectivity index (χ2v) is 4.70. The van der Waals surface area contributed by atoms with E-state index in [1.807, 2.05) is 6.92 Å². The van der Waals surface area contributed by atoms with E-state index in [0.717, 1.165) is 24.6 Å². The van der Waals surface area contributed by atoms with Crippen molar-refractivity contribution in [3.63, 3.8) is 0 Å². The summed E-state index contributed by atoms with van der Waals surface area (Å²) in [4.78, 5) is 25.3. The topological polar surface area (TPSA) is 50.5 Å². The van der Waals surface area contributed by atoms with Crippen molar-refractivity contribution in [1.82, 2.24) is 4.90 Å². The van der Waals surface area contributed by atoms with Gasteiger partial charge in [-0.15, -0.1) is 0 Å².